The van der Waals surface area contributed by atoms with Crippen molar-refractivity contribution in [2.75, 3.05) is 38.6 Å². The number of hydrogen-bond acceptors (Lipinski definition) is 3. The molecule has 0 radical (unpaired) electrons. The quantitative estimate of drug-likeness (QED) is 0.461. The molecule has 2 rings (SSSR count). The van der Waals surface area contributed by atoms with Gasteiger partial charge in [0, 0.05) is 18.8 Å². The molecule has 3 N–H and O–H groups in total. The van der Waals surface area contributed by atoms with Gasteiger partial charge >= 0.3 is 0 Å². The molecular formula is C18H30N4O. The Hall–Kier alpha value is -1.75. The summed E-state index contributed by atoms with van der Waals surface area (Å²) in [6.07, 6.45) is 4.99. The van der Waals surface area contributed by atoms with Gasteiger partial charge in [0.05, 0.1) is 7.11 Å². The summed E-state index contributed by atoms with van der Waals surface area (Å²) >= 11 is 0. The van der Waals surface area contributed by atoms with Gasteiger partial charge in [0.2, 0.25) is 0 Å². The Balaban J connectivity index is 1.62. The Morgan fingerprint density at radius 3 is 2.83 bits per heavy atom. The van der Waals surface area contributed by atoms with Gasteiger partial charge in [0.1, 0.15) is 5.75 Å². The third kappa shape index (κ3) is 6.48. The smallest absolute Gasteiger partial charge is 0.193 e. The lowest BCUT2D eigenvalue weighted by Crippen LogP contribution is -2.35. The number of aliphatic imine (C=N–C) groups is 1. The second kappa shape index (κ2) is 9.40. The first-order valence-electron chi connectivity index (χ1n) is 8.60. The molecule has 0 saturated carbocycles. The lowest BCUT2D eigenvalue weighted by molar-refractivity contribution is 0.181. The highest BCUT2D eigenvalue weighted by Gasteiger charge is 2.15. The monoisotopic (exact) mass is 318 g/mol. The first-order chi connectivity index (χ1) is 11.2. The molecule has 1 fully saturated rings. The molecule has 0 spiro atoms. The largest absolute Gasteiger partial charge is 0.497 e. The maximum atomic E-state index is 5.92. The topological polar surface area (TPSA) is 62.9 Å². The third-order valence-corrected chi connectivity index (χ3v) is 4.27. The number of benzene rings is 1. The van der Waals surface area contributed by atoms with Gasteiger partial charge in [0.15, 0.2) is 5.96 Å². The number of piperidine rings is 1. The lowest BCUT2D eigenvalue weighted by atomic mass is 10.0. The number of unbranched alkanes of at least 4 members (excludes halogenated alkanes) is 1. The van der Waals surface area contributed by atoms with Crippen LogP contribution in [0.1, 0.15) is 32.6 Å². The van der Waals surface area contributed by atoms with Crippen LogP contribution in [0.25, 0.3) is 0 Å². The van der Waals surface area contributed by atoms with Gasteiger partial charge < -0.3 is 20.7 Å². The van der Waals surface area contributed by atoms with Gasteiger partial charge in [-0.3, -0.25) is 4.99 Å². The van der Waals surface area contributed by atoms with E-state index in [1.807, 2.05) is 24.3 Å². The fraction of sp³-hybridized carbons (Fsp3) is 0.611. The van der Waals surface area contributed by atoms with E-state index in [9.17, 15) is 0 Å². The minimum Gasteiger partial charge on any atom is -0.497 e. The van der Waals surface area contributed by atoms with E-state index < -0.39 is 0 Å². The fourth-order valence-corrected chi connectivity index (χ4v) is 3.00. The molecule has 1 aliphatic heterocycles. The van der Waals surface area contributed by atoms with Gasteiger partial charge in [0.25, 0.3) is 0 Å². The molecule has 23 heavy (non-hydrogen) atoms. The normalized spacial score (nSPS) is 19.6. The highest BCUT2D eigenvalue weighted by molar-refractivity contribution is 5.92. The van der Waals surface area contributed by atoms with Gasteiger partial charge in [-0.1, -0.05) is 6.92 Å². The molecule has 0 amide bonds. The minimum atomic E-state index is 0.474. The van der Waals surface area contributed by atoms with E-state index >= 15 is 0 Å². The maximum Gasteiger partial charge on any atom is 0.193 e. The second-order valence-electron chi connectivity index (χ2n) is 6.38. The predicted molar refractivity (Wildman–Crippen MR) is 97.2 cm³/mol. The number of guanidine groups is 1. The molecule has 1 aromatic rings. The molecule has 1 aliphatic rings. The van der Waals surface area contributed by atoms with Crippen molar-refractivity contribution >= 4 is 11.6 Å². The van der Waals surface area contributed by atoms with Crippen molar-refractivity contribution in [1.82, 2.24) is 4.90 Å². The molecule has 1 saturated heterocycles. The van der Waals surface area contributed by atoms with E-state index in [0.29, 0.717) is 5.96 Å². The fourth-order valence-electron chi connectivity index (χ4n) is 3.00. The number of nitrogens with one attached hydrogen (secondary N) is 1. The Kier molecular flexibility index (Phi) is 7.20. The summed E-state index contributed by atoms with van der Waals surface area (Å²) in [7, 11) is 1.66. The van der Waals surface area contributed by atoms with E-state index in [1.54, 1.807) is 7.11 Å². The van der Waals surface area contributed by atoms with Crippen molar-refractivity contribution < 1.29 is 4.74 Å². The molecular weight excluding hydrogens is 288 g/mol. The molecule has 1 heterocycles. The van der Waals surface area contributed by atoms with Crippen molar-refractivity contribution in [3.8, 4) is 5.75 Å². The van der Waals surface area contributed by atoms with E-state index in [4.69, 9.17) is 10.5 Å². The first kappa shape index (κ1) is 17.6. The molecule has 1 unspecified atom stereocenters. The van der Waals surface area contributed by atoms with Crippen molar-refractivity contribution in [3.63, 3.8) is 0 Å². The van der Waals surface area contributed by atoms with Crippen LogP contribution < -0.4 is 15.8 Å². The number of likely N-dealkylation sites (tertiary alicyclic amines) is 1. The number of rotatable bonds is 7. The summed E-state index contributed by atoms with van der Waals surface area (Å²) in [5.41, 5.74) is 6.84. The molecule has 5 nitrogen and oxygen atoms in total. The highest BCUT2D eigenvalue weighted by atomic mass is 16.5. The molecule has 1 atom stereocenters. The summed E-state index contributed by atoms with van der Waals surface area (Å²) < 4.78 is 5.13. The van der Waals surface area contributed by atoms with Crippen molar-refractivity contribution in [3.05, 3.63) is 24.3 Å². The van der Waals surface area contributed by atoms with E-state index in [2.05, 4.69) is 22.1 Å². The van der Waals surface area contributed by atoms with Crippen LogP contribution in [0.4, 0.5) is 5.69 Å². The van der Waals surface area contributed by atoms with Crippen LogP contribution >= 0.6 is 0 Å². The average molecular weight is 318 g/mol. The average Bonchev–Trinajstić information content (AvgIpc) is 2.55. The van der Waals surface area contributed by atoms with Crippen LogP contribution in [0, 0.1) is 5.92 Å². The van der Waals surface area contributed by atoms with E-state index in [-0.39, 0.29) is 0 Å². The first-order valence-corrected chi connectivity index (χ1v) is 8.60. The number of hydrogen-bond donors (Lipinski definition) is 2. The van der Waals surface area contributed by atoms with Crippen LogP contribution in [-0.4, -0.2) is 44.1 Å². The zero-order valence-corrected chi connectivity index (χ0v) is 14.4. The van der Waals surface area contributed by atoms with E-state index in [0.717, 1.165) is 30.3 Å². The summed E-state index contributed by atoms with van der Waals surface area (Å²) in [6.45, 7) is 6.82. The summed E-state index contributed by atoms with van der Waals surface area (Å²) in [5, 5.41) is 3.10. The number of nitrogens with zero attached hydrogens (tertiary/aromatic N) is 2. The van der Waals surface area contributed by atoms with Gasteiger partial charge in [-0.15, -0.1) is 0 Å². The van der Waals surface area contributed by atoms with Crippen molar-refractivity contribution in [1.29, 1.82) is 0 Å². The Labute approximate surface area is 139 Å². The highest BCUT2D eigenvalue weighted by Crippen LogP contribution is 2.16. The third-order valence-electron chi connectivity index (χ3n) is 4.27. The molecule has 0 bridgehead atoms. The standard InChI is InChI=1S/C18H30N4O/c1-15-6-5-13-22(14-15)12-4-3-11-20-18(19)21-16-7-9-17(23-2)10-8-16/h7-10,15H,3-6,11-14H2,1-2H3,(H3,19,20,21). The van der Waals surface area contributed by atoms with Crippen LogP contribution in [0.3, 0.4) is 0 Å². The number of ether oxygens (including phenoxy) is 1. The predicted octanol–water partition coefficient (Wildman–Crippen LogP) is 2.93. The minimum absolute atomic E-state index is 0.474. The van der Waals surface area contributed by atoms with Gasteiger partial charge in [-0.05, 0) is 69.0 Å². The lowest BCUT2D eigenvalue weighted by Gasteiger charge is -2.30. The van der Waals surface area contributed by atoms with Crippen LogP contribution in [-0.2, 0) is 0 Å². The molecule has 0 aromatic heterocycles. The molecule has 1 aromatic carbocycles. The zero-order valence-electron chi connectivity index (χ0n) is 14.4. The van der Waals surface area contributed by atoms with Crippen molar-refractivity contribution in [2.45, 2.75) is 32.6 Å². The Morgan fingerprint density at radius 1 is 1.35 bits per heavy atom. The summed E-state index contributed by atoms with van der Waals surface area (Å²) in [5.74, 6) is 2.16. The van der Waals surface area contributed by atoms with Crippen LogP contribution in [0.2, 0.25) is 0 Å². The summed E-state index contributed by atoms with van der Waals surface area (Å²) in [4.78, 5) is 6.97. The van der Waals surface area contributed by atoms with Gasteiger partial charge in [-0.25, -0.2) is 0 Å². The van der Waals surface area contributed by atoms with Crippen LogP contribution in [0.5, 0.6) is 5.75 Å². The number of nitrogens with two attached hydrogens (primary N) is 1. The Morgan fingerprint density at radius 2 is 2.13 bits per heavy atom. The second-order valence-corrected chi connectivity index (χ2v) is 6.38. The van der Waals surface area contributed by atoms with Crippen molar-refractivity contribution in [2.24, 2.45) is 16.6 Å². The van der Waals surface area contributed by atoms with E-state index in [1.165, 1.54) is 38.9 Å². The van der Waals surface area contributed by atoms with Gasteiger partial charge in [-0.2, -0.15) is 0 Å². The summed E-state index contributed by atoms with van der Waals surface area (Å²) in [6, 6.07) is 7.65. The number of methoxy groups -OCH3 is 1. The molecule has 128 valence electrons. The zero-order chi connectivity index (χ0) is 16.5. The molecule has 0 aliphatic carbocycles. The Bertz CT molecular complexity index is 486. The number of anilines is 1. The molecule has 5 heteroatoms. The SMILES string of the molecule is COc1ccc(NC(N)=NCCCCN2CCCC(C)C2)cc1. The maximum absolute atomic E-state index is 5.92. The van der Waals surface area contributed by atoms with Crippen LogP contribution in [0.15, 0.2) is 29.3 Å².